The molecule has 0 fully saturated rings. The van der Waals surface area contributed by atoms with Gasteiger partial charge >= 0.3 is 5.97 Å². The standard InChI is InChI=1S/C28H31ClFN7O5S/c1-6-41-26(38)28(2,3)43-27-33-35-36(34-27)13-12-21-25-32-31-22(15-30)37(25)19-11-10-16(29)14-18(19)23(42-21)17-8-7-9-20(39-4)24(17)40-5/h7-11,14,21,23H,6,12-13,15H2,1-5H3/t21-,23-/m1/s1. The molecule has 15 heteroatoms. The van der Waals surface area contributed by atoms with Crippen LogP contribution in [0, 0.1) is 0 Å². The number of carbonyl (C=O) groups is 1. The molecular formula is C28H31ClFN7O5S. The van der Waals surface area contributed by atoms with Crippen LogP contribution in [0.2, 0.25) is 5.02 Å². The minimum absolute atomic E-state index is 0.129. The largest absolute Gasteiger partial charge is 0.493 e. The summed E-state index contributed by atoms with van der Waals surface area (Å²) in [4.78, 5) is 13.7. The predicted molar refractivity (Wildman–Crippen MR) is 155 cm³/mol. The maximum atomic E-state index is 14.2. The number of aryl methyl sites for hydroxylation is 1. The van der Waals surface area contributed by atoms with E-state index in [2.05, 4.69) is 25.6 Å². The fraction of sp³-hybridized carbons (Fsp3) is 0.429. The fourth-order valence-electron chi connectivity index (χ4n) is 4.85. The van der Waals surface area contributed by atoms with E-state index in [-0.39, 0.29) is 24.9 Å². The molecule has 0 amide bonds. The lowest BCUT2D eigenvalue weighted by Crippen LogP contribution is -2.30. The average Bonchev–Trinajstić information content (AvgIpc) is 3.60. The first kappa shape index (κ1) is 30.7. The molecule has 2 aromatic carbocycles. The Balaban J connectivity index is 1.50. The Hall–Kier alpha value is -3.75. The van der Waals surface area contributed by atoms with Crippen LogP contribution in [0.3, 0.4) is 0 Å². The first-order valence-corrected chi connectivity index (χ1v) is 14.7. The molecule has 1 aliphatic heterocycles. The van der Waals surface area contributed by atoms with Gasteiger partial charge in [-0.1, -0.05) is 35.5 Å². The summed E-state index contributed by atoms with van der Waals surface area (Å²) < 4.78 is 38.2. The van der Waals surface area contributed by atoms with Gasteiger partial charge in [0, 0.05) is 22.6 Å². The zero-order chi connectivity index (χ0) is 30.7. The maximum absolute atomic E-state index is 14.2. The number of tetrazole rings is 1. The van der Waals surface area contributed by atoms with E-state index in [0.717, 1.165) is 11.8 Å². The normalized spacial score (nSPS) is 16.3. The molecular weight excluding hydrogens is 601 g/mol. The Morgan fingerprint density at radius 1 is 1.14 bits per heavy atom. The highest BCUT2D eigenvalue weighted by Gasteiger charge is 2.36. The van der Waals surface area contributed by atoms with Gasteiger partial charge in [-0.3, -0.25) is 9.36 Å². The van der Waals surface area contributed by atoms with Crippen LogP contribution in [0.4, 0.5) is 4.39 Å². The van der Waals surface area contributed by atoms with Crippen molar-refractivity contribution in [2.45, 2.75) is 62.5 Å². The Morgan fingerprint density at radius 2 is 1.95 bits per heavy atom. The van der Waals surface area contributed by atoms with E-state index in [1.807, 2.05) is 12.1 Å². The summed E-state index contributed by atoms with van der Waals surface area (Å²) in [5.74, 6) is 1.19. The van der Waals surface area contributed by atoms with Crippen molar-refractivity contribution < 1.29 is 28.1 Å². The van der Waals surface area contributed by atoms with Crippen molar-refractivity contribution in [2.75, 3.05) is 20.8 Å². The van der Waals surface area contributed by atoms with Gasteiger partial charge in [0.1, 0.15) is 23.6 Å². The Bertz CT molecular complexity index is 1610. The SMILES string of the molecule is CCOC(=O)C(C)(C)Sc1nnn(CC[C@H]2O[C@H](c3cccc(OC)c3OC)c3cc(Cl)ccc3-n3c(CF)nnc32)n1. The molecule has 0 N–H and O–H groups in total. The highest BCUT2D eigenvalue weighted by Crippen LogP contribution is 2.46. The van der Waals surface area contributed by atoms with E-state index < -0.39 is 23.6 Å². The second-order valence-electron chi connectivity index (χ2n) is 10.0. The molecule has 0 saturated heterocycles. The molecule has 0 unspecified atom stereocenters. The summed E-state index contributed by atoms with van der Waals surface area (Å²) >= 11 is 7.62. The molecule has 5 rings (SSSR count). The second-order valence-corrected chi connectivity index (χ2v) is 12.0. The lowest BCUT2D eigenvalue weighted by Gasteiger charge is -2.25. The zero-order valence-corrected chi connectivity index (χ0v) is 25.9. The number of nitrogens with zero attached hydrogens (tertiary/aromatic N) is 7. The van der Waals surface area contributed by atoms with Gasteiger partial charge in [-0.25, -0.2) is 4.39 Å². The number of para-hydroxylation sites is 1. The van der Waals surface area contributed by atoms with Crippen LogP contribution < -0.4 is 9.47 Å². The van der Waals surface area contributed by atoms with Gasteiger partial charge in [0.25, 0.3) is 0 Å². The Kier molecular flexibility index (Phi) is 9.18. The van der Waals surface area contributed by atoms with Crippen molar-refractivity contribution in [3.63, 3.8) is 0 Å². The third-order valence-corrected chi connectivity index (χ3v) is 8.09. The molecule has 228 valence electrons. The first-order valence-electron chi connectivity index (χ1n) is 13.5. The quantitative estimate of drug-likeness (QED) is 0.162. The van der Waals surface area contributed by atoms with Crippen LogP contribution in [0.25, 0.3) is 5.69 Å². The van der Waals surface area contributed by atoms with E-state index in [1.165, 1.54) is 4.80 Å². The summed E-state index contributed by atoms with van der Waals surface area (Å²) in [6.45, 7) is 4.94. The topological polar surface area (TPSA) is 128 Å². The van der Waals surface area contributed by atoms with Crippen LogP contribution >= 0.6 is 23.4 Å². The highest BCUT2D eigenvalue weighted by molar-refractivity contribution is 8.01. The average molecular weight is 632 g/mol. The van der Waals surface area contributed by atoms with E-state index in [9.17, 15) is 9.18 Å². The number of alkyl halides is 1. The molecule has 3 heterocycles. The molecule has 43 heavy (non-hydrogen) atoms. The van der Waals surface area contributed by atoms with Gasteiger partial charge in [-0.05, 0) is 50.3 Å². The number of methoxy groups -OCH3 is 2. The van der Waals surface area contributed by atoms with Gasteiger partial charge in [0.2, 0.25) is 5.16 Å². The van der Waals surface area contributed by atoms with Gasteiger partial charge in [0.05, 0.1) is 33.1 Å². The lowest BCUT2D eigenvalue weighted by molar-refractivity contribution is -0.145. The number of hydrogen-bond donors (Lipinski definition) is 0. The van der Waals surface area contributed by atoms with Crippen molar-refractivity contribution in [1.29, 1.82) is 0 Å². The van der Waals surface area contributed by atoms with Crippen LogP contribution in [0.1, 0.15) is 62.2 Å². The number of fused-ring (bicyclic) bond motifs is 3. The number of halogens is 2. The number of carbonyl (C=O) groups excluding carboxylic acids is 1. The van der Waals surface area contributed by atoms with Crippen LogP contribution in [0.5, 0.6) is 11.5 Å². The molecule has 0 aliphatic carbocycles. The second kappa shape index (κ2) is 12.9. The van der Waals surface area contributed by atoms with Gasteiger partial charge in [0.15, 0.2) is 23.1 Å². The van der Waals surface area contributed by atoms with E-state index in [1.54, 1.807) is 63.8 Å². The summed E-state index contributed by atoms with van der Waals surface area (Å²) in [5, 5.41) is 21.9. The first-order chi connectivity index (χ1) is 20.7. The molecule has 0 radical (unpaired) electrons. The fourth-order valence-corrected chi connectivity index (χ4v) is 5.85. The van der Waals surface area contributed by atoms with Gasteiger partial charge < -0.3 is 18.9 Å². The predicted octanol–water partition coefficient (Wildman–Crippen LogP) is 5.08. The summed E-state index contributed by atoms with van der Waals surface area (Å²) in [6, 6.07) is 10.8. The molecule has 2 aromatic heterocycles. The number of ether oxygens (including phenoxy) is 4. The van der Waals surface area contributed by atoms with E-state index in [4.69, 9.17) is 30.5 Å². The zero-order valence-electron chi connectivity index (χ0n) is 24.3. The minimum atomic E-state index is -0.899. The smallest absolute Gasteiger partial charge is 0.322 e. The monoisotopic (exact) mass is 631 g/mol. The molecule has 0 spiro atoms. The number of benzene rings is 2. The summed E-state index contributed by atoms with van der Waals surface area (Å²) in [5.41, 5.74) is 2.00. The lowest BCUT2D eigenvalue weighted by atomic mass is 9.98. The number of aromatic nitrogens is 7. The van der Waals surface area contributed by atoms with Gasteiger partial charge in [-0.15, -0.1) is 20.4 Å². The van der Waals surface area contributed by atoms with Crippen LogP contribution in [-0.2, 0) is 27.5 Å². The maximum Gasteiger partial charge on any atom is 0.322 e. The highest BCUT2D eigenvalue weighted by atomic mass is 35.5. The summed E-state index contributed by atoms with van der Waals surface area (Å²) in [7, 11) is 3.11. The molecule has 0 saturated carbocycles. The van der Waals surface area contributed by atoms with E-state index in [0.29, 0.717) is 50.7 Å². The Morgan fingerprint density at radius 3 is 2.67 bits per heavy atom. The van der Waals surface area contributed by atoms with Crippen LogP contribution in [0.15, 0.2) is 41.6 Å². The number of thioether (sulfide) groups is 1. The van der Waals surface area contributed by atoms with Crippen molar-refractivity contribution in [3.8, 4) is 17.2 Å². The molecule has 1 aliphatic rings. The molecule has 0 bridgehead atoms. The van der Waals surface area contributed by atoms with Crippen LogP contribution in [-0.4, -0.2) is 66.5 Å². The third kappa shape index (κ3) is 6.17. The number of hydrogen-bond acceptors (Lipinski definition) is 11. The van der Waals surface area contributed by atoms with Crippen molar-refractivity contribution in [3.05, 3.63) is 64.2 Å². The third-order valence-electron chi connectivity index (χ3n) is 6.83. The van der Waals surface area contributed by atoms with E-state index >= 15 is 0 Å². The number of rotatable bonds is 11. The van der Waals surface area contributed by atoms with Gasteiger partial charge in [-0.2, -0.15) is 4.80 Å². The van der Waals surface area contributed by atoms with Crippen molar-refractivity contribution in [1.82, 2.24) is 35.0 Å². The Labute approximate surface area is 256 Å². The molecule has 12 nitrogen and oxygen atoms in total. The molecule has 4 aromatic rings. The summed E-state index contributed by atoms with van der Waals surface area (Å²) in [6.07, 6.45) is -1.05. The number of esters is 1. The minimum Gasteiger partial charge on any atom is -0.493 e. The molecule has 2 atom stereocenters. The van der Waals surface area contributed by atoms with Crippen molar-refractivity contribution >= 4 is 29.3 Å². The van der Waals surface area contributed by atoms with Crippen molar-refractivity contribution in [2.24, 2.45) is 0 Å².